The highest BCUT2D eigenvalue weighted by atomic mass is 35.5. The second-order valence-corrected chi connectivity index (χ2v) is 9.14. The summed E-state index contributed by atoms with van der Waals surface area (Å²) in [7, 11) is 3.04. The van der Waals surface area contributed by atoms with Crippen molar-refractivity contribution in [2.75, 3.05) is 19.5 Å². The molecule has 0 aliphatic heterocycles. The van der Waals surface area contributed by atoms with Crippen LogP contribution in [0.3, 0.4) is 0 Å². The van der Waals surface area contributed by atoms with E-state index in [2.05, 4.69) is 10.6 Å². The summed E-state index contributed by atoms with van der Waals surface area (Å²) >= 11 is 6.15. The number of amides is 2. The Morgan fingerprint density at radius 3 is 2.15 bits per heavy atom. The summed E-state index contributed by atoms with van der Waals surface area (Å²) in [6.45, 7) is 0. The minimum atomic E-state index is -0.565. The monoisotopic (exact) mass is 566 g/mol. The van der Waals surface area contributed by atoms with Crippen molar-refractivity contribution in [3.63, 3.8) is 0 Å². The van der Waals surface area contributed by atoms with Crippen molar-refractivity contribution in [2.24, 2.45) is 0 Å². The van der Waals surface area contributed by atoms with E-state index in [1.807, 2.05) is 18.2 Å². The van der Waals surface area contributed by atoms with Crippen LogP contribution in [0.2, 0.25) is 5.02 Å². The Hall–Kier alpha value is -5.14. The Bertz CT molecular complexity index is 1610. The van der Waals surface area contributed by atoms with Gasteiger partial charge in [0.25, 0.3) is 11.8 Å². The predicted molar refractivity (Wildman–Crippen MR) is 161 cm³/mol. The number of halogens is 1. The lowest BCUT2D eigenvalue weighted by molar-refractivity contribution is -0.113. The summed E-state index contributed by atoms with van der Waals surface area (Å²) in [5.74, 6) is -0.202. The lowest BCUT2D eigenvalue weighted by atomic mass is 10.1. The SMILES string of the molecule is COc1ccc(/C=C(\NC(=O)c2ccccc2)C(=O)Nc2ccc(C(=O)/C=C/c3ccccc3Cl)cc2)c(OC)c1. The van der Waals surface area contributed by atoms with Crippen molar-refractivity contribution in [2.45, 2.75) is 0 Å². The normalized spacial score (nSPS) is 11.1. The first-order valence-corrected chi connectivity index (χ1v) is 12.9. The van der Waals surface area contributed by atoms with Crippen LogP contribution in [0.5, 0.6) is 11.5 Å². The molecule has 4 rings (SSSR count). The number of rotatable bonds is 10. The Morgan fingerprint density at radius 2 is 1.46 bits per heavy atom. The lowest BCUT2D eigenvalue weighted by Gasteiger charge is -2.13. The smallest absolute Gasteiger partial charge is 0.272 e. The van der Waals surface area contributed by atoms with Crippen LogP contribution in [0, 0.1) is 0 Å². The Balaban J connectivity index is 1.55. The highest BCUT2D eigenvalue weighted by Gasteiger charge is 2.17. The van der Waals surface area contributed by atoms with Gasteiger partial charge in [-0.25, -0.2) is 0 Å². The zero-order valence-corrected chi connectivity index (χ0v) is 23.1. The maximum Gasteiger partial charge on any atom is 0.272 e. The predicted octanol–water partition coefficient (Wildman–Crippen LogP) is 6.66. The van der Waals surface area contributed by atoms with Gasteiger partial charge in [0.15, 0.2) is 5.78 Å². The van der Waals surface area contributed by atoms with E-state index in [1.54, 1.807) is 84.9 Å². The topological polar surface area (TPSA) is 93.7 Å². The third-order valence-corrected chi connectivity index (χ3v) is 6.36. The summed E-state index contributed by atoms with van der Waals surface area (Å²) in [6, 6.07) is 27.3. The van der Waals surface area contributed by atoms with Crippen molar-refractivity contribution >= 4 is 47.0 Å². The van der Waals surface area contributed by atoms with Crippen molar-refractivity contribution in [1.29, 1.82) is 0 Å². The summed E-state index contributed by atoms with van der Waals surface area (Å²) in [5.41, 5.74) is 2.53. The molecule has 0 saturated heterocycles. The number of hydrogen-bond donors (Lipinski definition) is 2. The molecule has 206 valence electrons. The number of nitrogens with one attached hydrogen (secondary N) is 2. The minimum absolute atomic E-state index is 0.00912. The lowest BCUT2D eigenvalue weighted by Crippen LogP contribution is -2.30. The fraction of sp³-hybridized carbons (Fsp3) is 0.0606. The van der Waals surface area contributed by atoms with Crippen molar-refractivity contribution in [3.05, 3.63) is 136 Å². The van der Waals surface area contributed by atoms with Crippen molar-refractivity contribution in [3.8, 4) is 11.5 Å². The van der Waals surface area contributed by atoms with Gasteiger partial charge in [0.1, 0.15) is 17.2 Å². The maximum absolute atomic E-state index is 13.4. The third kappa shape index (κ3) is 7.71. The zero-order chi connectivity index (χ0) is 29.2. The molecule has 0 aliphatic rings. The second kappa shape index (κ2) is 13.8. The highest BCUT2D eigenvalue weighted by Crippen LogP contribution is 2.27. The van der Waals surface area contributed by atoms with E-state index in [4.69, 9.17) is 21.1 Å². The number of hydrogen-bond acceptors (Lipinski definition) is 5. The first kappa shape index (κ1) is 28.9. The van der Waals surface area contributed by atoms with Gasteiger partial charge in [0, 0.05) is 33.5 Å². The van der Waals surface area contributed by atoms with Crippen LogP contribution < -0.4 is 20.1 Å². The van der Waals surface area contributed by atoms with Crippen molar-refractivity contribution in [1.82, 2.24) is 5.32 Å². The molecule has 0 bridgehead atoms. The van der Waals surface area contributed by atoms with E-state index < -0.39 is 11.8 Å². The Labute approximate surface area is 243 Å². The Kier molecular flexibility index (Phi) is 9.70. The van der Waals surface area contributed by atoms with E-state index in [-0.39, 0.29) is 11.5 Å². The first-order valence-electron chi connectivity index (χ1n) is 12.6. The molecule has 0 unspecified atom stereocenters. The van der Waals surface area contributed by atoms with Crippen LogP contribution >= 0.6 is 11.6 Å². The molecule has 0 aromatic heterocycles. The summed E-state index contributed by atoms with van der Waals surface area (Å²) in [4.78, 5) is 38.9. The molecule has 4 aromatic carbocycles. The molecule has 8 heteroatoms. The fourth-order valence-electron chi connectivity index (χ4n) is 3.82. The van der Waals surface area contributed by atoms with E-state index in [0.717, 1.165) is 5.56 Å². The molecule has 2 amide bonds. The number of carbonyl (C=O) groups is 3. The number of anilines is 1. The third-order valence-electron chi connectivity index (χ3n) is 6.02. The van der Waals surface area contributed by atoms with Gasteiger partial charge in [0.2, 0.25) is 0 Å². The molecule has 2 N–H and O–H groups in total. The number of benzene rings is 4. The van der Waals surface area contributed by atoms with Gasteiger partial charge < -0.3 is 20.1 Å². The quantitative estimate of drug-likeness (QED) is 0.165. The van der Waals surface area contributed by atoms with Gasteiger partial charge in [-0.05, 0) is 78.4 Å². The molecule has 0 atom stereocenters. The molecule has 0 fully saturated rings. The Morgan fingerprint density at radius 1 is 0.756 bits per heavy atom. The summed E-state index contributed by atoms with van der Waals surface area (Å²) in [6.07, 6.45) is 4.61. The summed E-state index contributed by atoms with van der Waals surface area (Å²) < 4.78 is 10.7. The van der Waals surface area contributed by atoms with Crippen LogP contribution in [0.4, 0.5) is 5.69 Å². The van der Waals surface area contributed by atoms with Gasteiger partial charge in [-0.1, -0.05) is 48.0 Å². The fourth-order valence-corrected chi connectivity index (χ4v) is 4.02. The number of carbonyl (C=O) groups excluding carboxylic acids is 3. The van der Waals surface area contributed by atoms with Crippen LogP contribution in [0.1, 0.15) is 31.8 Å². The van der Waals surface area contributed by atoms with Gasteiger partial charge in [-0.2, -0.15) is 0 Å². The number of methoxy groups -OCH3 is 2. The minimum Gasteiger partial charge on any atom is -0.497 e. The standard InChI is InChI=1S/C33H27ClN2O5/c1-40-27-18-14-25(31(21-27)41-2)20-29(36-32(38)24-9-4-3-5-10-24)33(39)35-26-16-12-23(13-17-26)30(37)19-15-22-8-6-7-11-28(22)34/h3-21H,1-2H3,(H,35,39)(H,36,38)/b19-15+,29-20-. The van der Waals surface area contributed by atoms with Crippen LogP contribution in [-0.4, -0.2) is 31.8 Å². The molecule has 0 heterocycles. The second-order valence-electron chi connectivity index (χ2n) is 8.74. The largest absolute Gasteiger partial charge is 0.497 e. The number of ether oxygens (including phenoxy) is 2. The maximum atomic E-state index is 13.4. The molecule has 7 nitrogen and oxygen atoms in total. The van der Waals surface area contributed by atoms with Crippen LogP contribution in [0.15, 0.2) is 109 Å². The molecule has 0 radical (unpaired) electrons. The van der Waals surface area contributed by atoms with E-state index >= 15 is 0 Å². The first-order chi connectivity index (χ1) is 19.9. The molecular weight excluding hydrogens is 540 g/mol. The van der Waals surface area contributed by atoms with E-state index in [0.29, 0.717) is 38.9 Å². The van der Waals surface area contributed by atoms with Gasteiger partial charge in [0.05, 0.1) is 14.2 Å². The van der Waals surface area contributed by atoms with E-state index in [9.17, 15) is 14.4 Å². The van der Waals surface area contributed by atoms with Gasteiger partial charge in [-0.15, -0.1) is 0 Å². The molecule has 0 aliphatic carbocycles. The van der Waals surface area contributed by atoms with Crippen LogP contribution in [-0.2, 0) is 4.79 Å². The van der Waals surface area contributed by atoms with Gasteiger partial charge >= 0.3 is 0 Å². The zero-order valence-electron chi connectivity index (χ0n) is 22.4. The number of allylic oxidation sites excluding steroid dienone is 1. The molecule has 0 saturated carbocycles. The summed E-state index contributed by atoms with van der Waals surface area (Å²) in [5, 5.41) is 6.02. The molecular formula is C33H27ClN2O5. The van der Waals surface area contributed by atoms with E-state index in [1.165, 1.54) is 26.4 Å². The average Bonchev–Trinajstić information content (AvgIpc) is 3.01. The molecule has 4 aromatic rings. The number of ketones is 1. The van der Waals surface area contributed by atoms with Crippen molar-refractivity contribution < 1.29 is 23.9 Å². The molecule has 0 spiro atoms. The average molecular weight is 567 g/mol. The van der Waals surface area contributed by atoms with Crippen LogP contribution in [0.25, 0.3) is 12.2 Å². The highest BCUT2D eigenvalue weighted by molar-refractivity contribution is 6.32. The van der Waals surface area contributed by atoms with Gasteiger partial charge in [-0.3, -0.25) is 14.4 Å². The molecule has 41 heavy (non-hydrogen) atoms.